The van der Waals surface area contributed by atoms with E-state index in [9.17, 15) is 9.18 Å². The predicted octanol–water partition coefficient (Wildman–Crippen LogP) is 2.69. The van der Waals surface area contributed by atoms with Crippen molar-refractivity contribution in [1.29, 1.82) is 0 Å². The topological polar surface area (TPSA) is 26.3 Å². The normalized spacial score (nSPS) is 10.4. The SMILES string of the molecule is COC(=O)Cc1ccc2ccccc2c1F. The van der Waals surface area contributed by atoms with E-state index in [0.717, 1.165) is 5.39 Å². The first-order chi connectivity index (χ1) is 7.72. The fourth-order valence-electron chi connectivity index (χ4n) is 1.64. The average Bonchev–Trinajstić information content (AvgIpc) is 2.33. The second kappa shape index (κ2) is 4.31. The van der Waals surface area contributed by atoms with E-state index < -0.39 is 5.97 Å². The molecule has 2 aromatic carbocycles. The van der Waals surface area contributed by atoms with Gasteiger partial charge >= 0.3 is 5.97 Å². The Morgan fingerprint density at radius 3 is 2.75 bits per heavy atom. The summed E-state index contributed by atoms with van der Waals surface area (Å²) >= 11 is 0. The van der Waals surface area contributed by atoms with Crippen molar-refractivity contribution >= 4 is 16.7 Å². The van der Waals surface area contributed by atoms with E-state index in [-0.39, 0.29) is 12.2 Å². The van der Waals surface area contributed by atoms with E-state index in [2.05, 4.69) is 4.74 Å². The molecule has 0 fully saturated rings. The van der Waals surface area contributed by atoms with E-state index >= 15 is 0 Å². The Morgan fingerprint density at radius 1 is 1.25 bits per heavy atom. The number of hydrogen-bond donors (Lipinski definition) is 0. The molecule has 2 aromatic rings. The van der Waals surface area contributed by atoms with Crippen molar-refractivity contribution in [2.24, 2.45) is 0 Å². The zero-order chi connectivity index (χ0) is 11.5. The summed E-state index contributed by atoms with van der Waals surface area (Å²) in [6.45, 7) is 0. The van der Waals surface area contributed by atoms with E-state index in [1.165, 1.54) is 7.11 Å². The number of halogens is 1. The second-order valence-corrected chi connectivity index (χ2v) is 3.51. The molecule has 0 radical (unpaired) electrons. The third kappa shape index (κ3) is 1.89. The number of hydrogen-bond acceptors (Lipinski definition) is 2. The minimum Gasteiger partial charge on any atom is -0.469 e. The zero-order valence-corrected chi connectivity index (χ0v) is 8.87. The van der Waals surface area contributed by atoms with Crippen LogP contribution in [0.3, 0.4) is 0 Å². The molecule has 0 unspecified atom stereocenters. The Balaban J connectivity index is 2.48. The average molecular weight is 218 g/mol. The van der Waals surface area contributed by atoms with E-state index in [0.29, 0.717) is 10.9 Å². The molecule has 0 saturated carbocycles. The van der Waals surface area contributed by atoms with Crippen molar-refractivity contribution in [2.45, 2.75) is 6.42 Å². The van der Waals surface area contributed by atoms with Crippen LogP contribution in [0.2, 0.25) is 0 Å². The number of fused-ring (bicyclic) bond motifs is 1. The van der Waals surface area contributed by atoms with Crippen LogP contribution in [0, 0.1) is 5.82 Å². The fraction of sp³-hybridized carbons (Fsp3) is 0.154. The van der Waals surface area contributed by atoms with Crippen molar-refractivity contribution in [1.82, 2.24) is 0 Å². The number of benzene rings is 2. The highest BCUT2D eigenvalue weighted by Gasteiger charge is 2.10. The number of carbonyl (C=O) groups excluding carboxylic acids is 1. The van der Waals surface area contributed by atoms with Gasteiger partial charge in [0.1, 0.15) is 5.82 Å². The molecule has 0 bridgehead atoms. The molecule has 82 valence electrons. The minimum absolute atomic E-state index is 0.0346. The number of esters is 1. The van der Waals surface area contributed by atoms with Crippen LogP contribution in [0.25, 0.3) is 10.8 Å². The molecule has 0 aromatic heterocycles. The molecule has 0 saturated heterocycles. The molecule has 0 aliphatic heterocycles. The van der Waals surface area contributed by atoms with Crippen LogP contribution in [0.15, 0.2) is 36.4 Å². The zero-order valence-electron chi connectivity index (χ0n) is 8.87. The van der Waals surface area contributed by atoms with Crippen molar-refractivity contribution in [2.75, 3.05) is 7.11 Å². The monoisotopic (exact) mass is 218 g/mol. The van der Waals surface area contributed by atoms with Gasteiger partial charge in [-0.1, -0.05) is 36.4 Å². The Labute approximate surface area is 92.6 Å². The summed E-state index contributed by atoms with van der Waals surface area (Å²) in [5.74, 6) is -0.780. The van der Waals surface area contributed by atoms with Crippen LogP contribution >= 0.6 is 0 Å². The summed E-state index contributed by atoms with van der Waals surface area (Å²) in [4.78, 5) is 11.1. The summed E-state index contributed by atoms with van der Waals surface area (Å²) < 4.78 is 18.5. The molecule has 0 aliphatic rings. The van der Waals surface area contributed by atoms with Gasteiger partial charge in [0.05, 0.1) is 13.5 Å². The fourth-order valence-corrected chi connectivity index (χ4v) is 1.64. The summed E-state index contributed by atoms with van der Waals surface area (Å²) in [5, 5.41) is 1.36. The highest BCUT2D eigenvalue weighted by molar-refractivity contribution is 5.85. The van der Waals surface area contributed by atoms with Gasteiger partial charge in [-0.2, -0.15) is 0 Å². The molecule has 0 aliphatic carbocycles. The molecule has 2 nitrogen and oxygen atoms in total. The molecule has 3 heteroatoms. The Bertz CT molecular complexity index is 534. The first kappa shape index (κ1) is 10.6. The van der Waals surface area contributed by atoms with Crippen molar-refractivity contribution in [3.05, 3.63) is 47.8 Å². The number of carbonyl (C=O) groups is 1. The van der Waals surface area contributed by atoms with E-state index in [4.69, 9.17) is 0 Å². The van der Waals surface area contributed by atoms with Crippen LogP contribution in [0.4, 0.5) is 4.39 Å². The standard InChI is InChI=1S/C13H11FO2/c1-16-12(15)8-10-7-6-9-4-2-3-5-11(9)13(10)14/h2-7H,8H2,1H3. The van der Waals surface area contributed by atoms with E-state index in [1.54, 1.807) is 24.3 Å². The molecule has 0 N–H and O–H groups in total. The van der Waals surface area contributed by atoms with Gasteiger partial charge in [-0.15, -0.1) is 0 Å². The van der Waals surface area contributed by atoms with Gasteiger partial charge < -0.3 is 4.74 Å². The van der Waals surface area contributed by atoms with Gasteiger partial charge in [-0.25, -0.2) is 4.39 Å². The maximum absolute atomic E-state index is 14.0. The van der Waals surface area contributed by atoms with Gasteiger partial charge in [0.25, 0.3) is 0 Å². The molecule has 0 spiro atoms. The molecular formula is C13H11FO2. The van der Waals surface area contributed by atoms with Crippen LogP contribution in [0.5, 0.6) is 0 Å². The smallest absolute Gasteiger partial charge is 0.310 e. The quantitative estimate of drug-likeness (QED) is 0.724. The first-order valence-electron chi connectivity index (χ1n) is 4.95. The molecule has 2 rings (SSSR count). The van der Waals surface area contributed by atoms with Gasteiger partial charge in [0.2, 0.25) is 0 Å². The van der Waals surface area contributed by atoms with Crippen LogP contribution < -0.4 is 0 Å². The number of rotatable bonds is 2. The maximum Gasteiger partial charge on any atom is 0.310 e. The Hall–Kier alpha value is -1.90. The Morgan fingerprint density at radius 2 is 2.00 bits per heavy atom. The lowest BCUT2D eigenvalue weighted by atomic mass is 10.0. The van der Waals surface area contributed by atoms with Crippen molar-refractivity contribution < 1.29 is 13.9 Å². The highest BCUT2D eigenvalue weighted by atomic mass is 19.1. The minimum atomic E-state index is -0.436. The second-order valence-electron chi connectivity index (χ2n) is 3.51. The molecule has 0 atom stereocenters. The molecule has 0 amide bonds. The third-order valence-corrected chi connectivity index (χ3v) is 2.51. The van der Waals surface area contributed by atoms with E-state index in [1.807, 2.05) is 12.1 Å². The van der Waals surface area contributed by atoms with Crippen LogP contribution in [-0.2, 0) is 16.0 Å². The lowest BCUT2D eigenvalue weighted by molar-refractivity contribution is -0.139. The van der Waals surface area contributed by atoms with Crippen molar-refractivity contribution in [3.63, 3.8) is 0 Å². The van der Waals surface area contributed by atoms with Gasteiger partial charge in [0, 0.05) is 5.39 Å². The predicted molar refractivity (Wildman–Crippen MR) is 59.6 cm³/mol. The van der Waals surface area contributed by atoms with Crippen molar-refractivity contribution in [3.8, 4) is 0 Å². The number of methoxy groups -OCH3 is 1. The number of ether oxygens (including phenoxy) is 1. The first-order valence-corrected chi connectivity index (χ1v) is 4.95. The van der Waals surface area contributed by atoms with Crippen LogP contribution in [0.1, 0.15) is 5.56 Å². The Kier molecular flexibility index (Phi) is 2.86. The highest BCUT2D eigenvalue weighted by Crippen LogP contribution is 2.21. The summed E-state index contributed by atoms with van der Waals surface area (Å²) in [6, 6.07) is 10.6. The van der Waals surface area contributed by atoms with Gasteiger partial charge in [0.15, 0.2) is 0 Å². The lowest BCUT2D eigenvalue weighted by Crippen LogP contribution is -2.06. The molecule has 16 heavy (non-hydrogen) atoms. The summed E-state index contributed by atoms with van der Waals surface area (Å²) in [5.41, 5.74) is 0.366. The van der Waals surface area contributed by atoms with Gasteiger partial charge in [-0.3, -0.25) is 4.79 Å². The van der Waals surface area contributed by atoms with Crippen LogP contribution in [-0.4, -0.2) is 13.1 Å². The third-order valence-electron chi connectivity index (χ3n) is 2.51. The molecular weight excluding hydrogens is 207 g/mol. The maximum atomic E-state index is 14.0. The lowest BCUT2D eigenvalue weighted by Gasteiger charge is -2.05. The summed E-state index contributed by atoms with van der Waals surface area (Å²) in [7, 11) is 1.29. The van der Waals surface area contributed by atoms with Gasteiger partial charge in [-0.05, 0) is 10.9 Å². The summed E-state index contributed by atoms with van der Waals surface area (Å²) in [6.07, 6.45) is -0.0346. The molecule has 0 heterocycles. The largest absolute Gasteiger partial charge is 0.469 e.